The average Bonchev–Trinajstić information content (AvgIpc) is 3.04. The molecule has 1 aromatic rings. The summed E-state index contributed by atoms with van der Waals surface area (Å²) in [5.41, 5.74) is -0.0779. The minimum absolute atomic E-state index is 0.0365. The Morgan fingerprint density at radius 2 is 2.05 bits per heavy atom. The average molecular weight is 295 g/mol. The standard InChI is InChI=1S/C13H13NO7/c15-13(20-9-3-1-8(2-4-9)14(16)17)21-11-7-19-12-10(11)5-6-18-12/h1-4,10-12H,5-7H2/t10-,11+,12+/m1/s1. The summed E-state index contributed by atoms with van der Waals surface area (Å²) in [4.78, 5) is 21.7. The topological polar surface area (TPSA) is 97.1 Å². The van der Waals surface area contributed by atoms with Crippen LogP contribution in [0, 0.1) is 16.0 Å². The molecule has 8 heteroatoms. The van der Waals surface area contributed by atoms with Gasteiger partial charge in [0.15, 0.2) is 6.29 Å². The molecule has 0 saturated carbocycles. The molecule has 8 nitrogen and oxygen atoms in total. The van der Waals surface area contributed by atoms with Crippen molar-refractivity contribution in [2.24, 2.45) is 5.92 Å². The molecular weight excluding hydrogens is 282 g/mol. The van der Waals surface area contributed by atoms with Gasteiger partial charge < -0.3 is 18.9 Å². The molecule has 0 radical (unpaired) electrons. The van der Waals surface area contributed by atoms with E-state index in [0.717, 1.165) is 6.42 Å². The number of fused-ring (bicyclic) bond motifs is 1. The van der Waals surface area contributed by atoms with E-state index in [1.54, 1.807) is 0 Å². The number of hydrogen-bond acceptors (Lipinski definition) is 7. The van der Waals surface area contributed by atoms with Gasteiger partial charge >= 0.3 is 6.16 Å². The van der Waals surface area contributed by atoms with E-state index in [4.69, 9.17) is 18.9 Å². The summed E-state index contributed by atoms with van der Waals surface area (Å²) in [5, 5.41) is 10.5. The maximum Gasteiger partial charge on any atom is 0.514 e. The predicted octanol–water partition coefficient (Wildman–Crippen LogP) is 1.87. The quantitative estimate of drug-likeness (QED) is 0.363. The van der Waals surface area contributed by atoms with Gasteiger partial charge in [0.05, 0.1) is 24.1 Å². The van der Waals surface area contributed by atoms with Crippen molar-refractivity contribution >= 4 is 11.8 Å². The molecule has 1 aromatic carbocycles. The third kappa shape index (κ3) is 2.96. The van der Waals surface area contributed by atoms with Gasteiger partial charge in [0.2, 0.25) is 0 Å². The molecule has 0 bridgehead atoms. The van der Waals surface area contributed by atoms with Gasteiger partial charge in [-0.05, 0) is 18.6 Å². The zero-order valence-corrected chi connectivity index (χ0v) is 11.0. The van der Waals surface area contributed by atoms with E-state index in [-0.39, 0.29) is 36.4 Å². The lowest BCUT2D eigenvalue weighted by Gasteiger charge is -2.15. The maximum atomic E-state index is 11.7. The third-order valence-corrected chi connectivity index (χ3v) is 3.48. The van der Waals surface area contributed by atoms with Crippen molar-refractivity contribution in [3.8, 4) is 5.75 Å². The van der Waals surface area contributed by atoms with Gasteiger partial charge in [0, 0.05) is 12.1 Å². The smallest absolute Gasteiger partial charge is 0.428 e. The van der Waals surface area contributed by atoms with E-state index >= 15 is 0 Å². The lowest BCUT2D eigenvalue weighted by Crippen LogP contribution is -2.27. The highest BCUT2D eigenvalue weighted by atomic mass is 16.8. The molecule has 0 unspecified atom stereocenters. The number of nitro benzene ring substituents is 1. The highest BCUT2D eigenvalue weighted by Gasteiger charge is 2.44. The summed E-state index contributed by atoms with van der Waals surface area (Å²) < 4.78 is 20.9. The molecule has 0 spiro atoms. The molecule has 2 aliphatic heterocycles. The third-order valence-electron chi connectivity index (χ3n) is 3.48. The number of hydrogen-bond donors (Lipinski definition) is 0. The lowest BCUT2D eigenvalue weighted by molar-refractivity contribution is -0.384. The number of non-ortho nitro benzene ring substituents is 1. The molecule has 3 rings (SSSR count). The first kappa shape index (κ1) is 13.8. The van der Waals surface area contributed by atoms with Crippen molar-refractivity contribution in [1.29, 1.82) is 0 Å². The fourth-order valence-corrected chi connectivity index (χ4v) is 2.43. The van der Waals surface area contributed by atoms with Crippen LogP contribution < -0.4 is 4.74 Å². The van der Waals surface area contributed by atoms with Crippen LogP contribution in [0.3, 0.4) is 0 Å². The number of ether oxygens (including phenoxy) is 4. The molecule has 112 valence electrons. The van der Waals surface area contributed by atoms with Crippen molar-refractivity contribution in [1.82, 2.24) is 0 Å². The van der Waals surface area contributed by atoms with Gasteiger partial charge in [-0.2, -0.15) is 0 Å². The SMILES string of the molecule is O=C(Oc1ccc([N+](=O)[O-])cc1)O[C@H]1CO[C@@H]2OCC[C@@H]21. The minimum atomic E-state index is -0.856. The normalized spacial score (nSPS) is 27.1. The molecule has 0 amide bonds. The Balaban J connectivity index is 1.55. The van der Waals surface area contributed by atoms with Gasteiger partial charge in [-0.15, -0.1) is 0 Å². The summed E-state index contributed by atoms with van der Waals surface area (Å²) in [6.45, 7) is 0.872. The Morgan fingerprint density at radius 1 is 1.29 bits per heavy atom. The van der Waals surface area contributed by atoms with Gasteiger partial charge in [0.1, 0.15) is 11.9 Å². The largest absolute Gasteiger partial charge is 0.514 e. The first-order valence-corrected chi connectivity index (χ1v) is 6.49. The molecule has 3 atom stereocenters. The van der Waals surface area contributed by atoms with E-state index in [1.165, 1.54) is 24.3 Å². The predicted molar refractivity (Wildman–Crippen MR) is 67.8 cm³/mol. The molecule has 2 fully saturated rings. The molecule has 2 saturated heterocycles. The van der Waals surface area contributed by atoms with Crippen molar-refractivity contribution in [2.75, 3.05) is 13.2 Å². The molecule has 21 heavy (non-hydrogen) atoms. The second kappa shape index (κ2) is 5.66. The van der Waals surface area contributed by atoms with Crippen molar-refractivity contribution < 1.29 is 28.7 Å². The monoisotopic (exact) mass is 295 g/mol. The Hall–Kier alpha value is -2.19. The Morgan fingerprint density at radius 3 is 2.76 bits per heavy atom. The van der Waals surface area contributed by atoms with Gasteiger partial charge in [-0.1, -0.05) is 0 Å². The number of nitro groups is 1. The fourth-order valence-electron chi connectivity index (χ4n) is 2.43. The van der Waals surface area contributed by atoms with Gasteiger partial charge in [-0.25, -0.2) is 4.79 Å². The Kier molecular flexibility index (Phi) is 3.72. The summed E-state index contributed by atoms with van der Waals surface area (Å²) >= 11 is 0. The number of nitrogens with zero attached hydrogens (tertiary/aromatic N) is 1. The van der Waals surface area contributed by atoms with Crippen LogP contribution in [-0.4, -0.2) is 36.7 Å². The number of benzene rings is 1. The van der Waals surface area contributed by atoms with Crippen molar-refractivity contribution in [3.05, 3.63) is 34.4 Å². The molecule has 0 N–H and O–H groups in total. The van der Waals surface area contributed by atoms with Crippen LogP contribution in [0.15, 0.2) is 24.3 Å². The Bertz CT molecular complexity index is 544. The zero-order valence-electron chi connectivity index (χ0n) is 11.0. The number of carbonyl (C=O) groups is 1. The summed E-state index contributed by atoms with van der Waals surface area (Å²) in [7, 11) is 0. The van der Waals surface area contributed by atoms with E-state index < -0.39 is 11.1 Å². The van der Waals surface area contributed by atoms with Crippen LogP contribution in [0.5, 0.6) is 5.75 Å². The first-order chi connectivity index (χ1) is 10.1. The van der Waals surface area contributed by atoms with Crippen LogP contribution in [-0.2, 0) is 14.2 Å². The van der Waals surface area contributed by atoms with E-state index in [9.17, 15) is 14.9 Å². The van der Waals surface area contributed by atoms with Crippen LogP contribution in [0.25, 0.3) is 0 Å². The van der Waals surface area contributed by atoms with E-state index in [0.29, 0.717) is 6.61 Å². The summed E-state index contributed by atoms with van der Waals surface area (Å²) in [5.74, 6) is 0.221. The molecule has 0 aliphatic carbocycles. The van der Waals surface area contributed by atoms with Crippen LogP contribution >= 0.6 is 0 Å². The Labute approximate surface area is 119 Å². The van der Waals surface area contributed by atoms with Crippen molar-refractivity contribution in [2.45, 2.75) is 18.8 Å². The van der Waals surface area contributed by atoms with Gasteiger partial charge in [0.25, 0.3) is 5.69 Å². The molecule has 0 aromatic heterocycles. The lowest BCUT2D eigenvalue weighted by atomic mass is 10.0. The summed E-state index contributed by atoms with van der Waals surface area (Å²) in [6.07, 6.45) is -0.768. The van der Waals surface area contributed by atoms with Crippen LogP contribution in [0.2, 0.25) is 0 Å². The van der Waals surface area contributed by atoms with Crippen molar-refractivity contribution in [3.63, 3.8) is 0 Å². The highest BCUT2D eigenvalue weighted by Crippen LogP contribution is 2.33. The molecule has 2 aliphatic rings. The summed E-state index contributed by atoms with van der Waals surface area (Å²) in [6, 6.07) is 5.18. The molecule has 2 heterocycles. The number of carbonyl (C=O) groups excluding carboxylic acids is 1. The van der Waals surface area contributed by atoms with E-state index in [2.05, 4.69) is 0 Å². The maximum absolute atomic E-state index is 11.7. The first-order valence-electron chi connectivity index (χ1n) is 6.49. The van der Waals surface area contributed by atoms with E-state index in [1.807, 2.05) is 0 Å². The van der Waals surface area contributed by atoms with Crippen LogP contribution in [0.1, 0.15) is 6.42 Å². The highest BCUT2D eigenvalue weighted by molar-refractivity contribution is 5.64. The van der Waals surface area contributed by atoms with Crippen LogP contribution in [0.4, 0.5) is 10.5 Å². The molecular formula is C13H13NO7. The minimum Gasteiger partial charge on any atom is -0.428 e. The number of rotatable bonds is 3. The van der Waals surface area contributed by atoms with Gasteiger partial charge in [-0.3, -0.25) is 10.1 Å². The second-order valence-corrected chi connectivity index (χ2v) is 4.78. The fraction of sp³-hybridized carbons (Fsp3) is 0.462. The second-order valence-electron chi connectivity index (χ2n) is 4.78. The zero-order chi connectivity index (χ0) is 14.8.